The van der Waals surface area contributed by atoms with Crippen LogP contribution in [0.2, 0.25) is 10.0 Å². The van der Waals surface area contributed by atoms with Crippen molar-refractivity contribution in [2.75, 3.05) is 20.1 Å². The average molecular weight is 738 g/mol. The fraction of sp³-hybridized carbons (Fsp3) is 0.361. The maximum atomic E-state index is 14.3. The molecule has 50 heavy (non-hydrogen) atoms. The molecule has 0 spiro atoms. The van der Waals surface area contributed by atoms with Gasteiger partial charge in [-0.3, -0.25) is 19.4 Å². The highest BCUT2D eigenvalue weighted by molar-refractivity contribution is 7.99. The summed E-state index contributed by atoms with van der Waals surface area (Å²) < 4.78 is 0. The van der Waals surface area contributed by atoms with E-state index >= 15 is 0 Å². The fourth-order valence-electron chi connectivity index (χ4n) is 5.91. The Bertz CT molecular complexity index is 1850. The van der Waals surface area contributed by atoms with Gasteiger partial charge in [0.2, 0.25) is 17.7 Å². The lowest BCUT2D eigenvalue weighted by atomic mass is 10.0. The van der Waals surface area contributed by atoms with Crippen molar-refractivity contribution < 1.29 is 14.4 Å². The Balaban J connectivity index is 1.60. The Hall–Kier alpha value is -3.94. The molecule has 2 aromatic heterocycles. The van der Waals surface area contributed by atoms with Gasteiger partial charge >= 0.3 is 0 Å². The molecule has 0 saturated carbocycles. The van der Waals surface area contributed by atoms with Gasteiger partial charge in [0.15, 0.2) is 0 Å². The standard InChI is InChI=1S/C36H42Cl2N8O3S/c1-46-31(18-23-20-42-28-10-3-2-9-24(23)28)34(48)44-21-25-26(37)13-14-27(38)32(25)50-35-22(8-7-17-41-35)19-43-29(12-6-16-40)33(47)45-30(36(46)49)11-4-5-15-39/h2-3,7-10,13-14,17,19-20,29-31,42H,4-6,11-12,15-16,18,21,39-40H2,1H3,(H,44,48)(H,45,47)/t29-,30-,31-/m0/s1. The first-order valence-electron chi connectivity index (χ1n) is 16.6. The first-order chi connectivity index (χ1) is 24.2. The zero-order chi connectivity index (χ0) is 35.6. The number of halogens is 2. The van der Waals surface area contributed by atoms with Crippen LogP contribution in [-0.4, -0.2) is 77.1 Å². The predicted molar refractivity (Wildman–Crippen MR) is 200 cm³/mol. The molecule has 3 amide bonds. The molecular formula is C36H42Cl2N8O3S. The molecule has 5 rings (SSSR count). The van der Waals surface area contributed by atoms with E-state index in [1.54, 1.807) is 37.7 Å². The van der Waals surface area contributed by atoms with E-state index in [1.807, 2.05) is 36.5 Å². The molecular weight excluding hydrogens is 695 g/mol. The number of benzene rings is 2. The van der Waals surface area contributed by atoms with Gasteiger partial charge < -0.3 is 32.0 Å². The molecule has 0 radical (unpaired) electrons. The van der Waals surface area contributed by atoms with Crippen LogP contribution in [0.3, 0.4) is 0 Å². The second-order valence-electron chi connectivity index (χ2n) is 12.2. The minimum Gasteiger partial charge on any atom is -0.361 e. The number of fused-ring (bicyclic) bond motifs is 3. The summed E-state index contributed by atoms with van der Waals surface area (Å²) in [5.41, 5.74) is 14.7. The molecule has 0 saturated heterocycles. The van der Waals surface area contributed by atoms with Crippen LogP contribution in [0.1, 0.15) is 48.8 Å². The largest absolute Gasteiger partial charge is 0.361 e. The molecule has 3 atom stereocenters. The van der Waals surface area contributed by atoms with Crippen molar-refractivity contribution in [3.8, 4) is 0 Å². The number of carbonyl (C=O) groups is 3. The maximum Gasteiger partial charge on any atom is 0.245 e. The summed E-state index contributed by atoms with van der Waals surface area (Å²) in [7, 11) is 1.59. The number of para-hydroxylation sites is 1. The van der Waals surface area contributed by atoms with E-state index in [2.05, 4.69) is 25.6 Å². The number of H-pyrrole nitrogens is 1. The van der Waals surface area contributed by atoms with Crippen LogP contribution in [0.5, 0.6) is 0 Å². The number of rotatable bonds is 9. The van der Waals surface area contributed by atoms with Crippen LogP contribution >= 0.6 is 35.0 Å². The van der Waals surface area contributed by atoms with Gasteiger partial charge in [-0.05, 0) is 81.1 Å². The number of likely N-dealkylation sites (N-methyl/N-ethyl adjacent to an activating group) is 1. The Labute approximate surface area is 306 Å². The van der Waals surface area contributed by atoms with Crippen LogP contribution in [0.15, 0.2) is 75.8 Å². The molecule has 0 bridgehead atoms. The average Bonchev–Trinajstić information content (AvgIpc) is 3.53. The number of amides is 3. The maximum absolute atomic E-state index is 14.3. The Kier molecular flexibility index (Phi) is 13.3. The number of pyridine rings is 1. The number of nitrogens with two attached hydrogens (primary N) is 2. The van der Waals surface area contributed by atoms with E-state index in [9.17, 15) is 14.4 Å². The molecule has 7 N–H and O–H groups in total. The third kappa shape index (κ3) is 9.04. The summed E-state index contributed by atoms with van der Waals surface area (Å²) in [4.78, 5) is 57.0. The SMILES string of the molecule is CN1C(=O)[C@H](CCCCN)NC(=O)[C@H](CCCN)N=Cc2cccnc2Sc2c(Cl)ccc(Cl)c2CNC(=O)[C@@H]1Cc1c[nH]c2ccccc12. The van der Waals surface area contributed by atoms with Gasteiger partial charge in [0.1, 0.15) is 23.2 Å². The zero-order valence-corrected chi connectivity index (χ0v) is 30.2. The number of carbonyl (C=O) groups excluding carboxylic acids is 3. The van der Waals surface area contributed by atoms with Crippen LogP contribution in [0.4, 0.5) is 0 Å². The molecule has 2 aromatic carbocycles. The monoisotopic (exact) mass is 736 g/mol. The van der Waals surface area contributed by atoms with Gasteiger partial charge in [0.05, 0.1) is 5.02 Å². The summed E-state index contributed by atoms with van der Waals surface area (Å²) in [6.07, 6.45) is 7.86. The van der Waals surface area contributed by atoms with Crippen LogP contribution in [0.25, 0.3) is 10.9 Å². The Morgan fingerprint density at radius 1 is 0.940 bits per heavy atom. The summed E-state index contributed by atoms with van der Waals surface area (Å²) in [5.74, 6) is -1.20. The molecule has 0 unspecified atom stereocenters. The summed E-state index contributed by atoms with van der Waals surface area (Å²) >= 11 is 14.8. The van der Waals surface area contributed by atoms with Crippen molar-refractivity contribution in [1.82, 2.24) is 25.5 Å². The van der Waals surface area contributed by atoms with E-state index in [-0.39, 0.29) is 13.0 Å². The first kappa shape index (κ1) is 37.3. The lowest BCUT2D eigenvalue weighted by Crippen LogP contribution is -2.56. The lowest BCUT2D eigenvalue weighted by Gasteiger charge is -2.31. The highest BCUT2D eigenvalue weighted by atomic mass is 35.5. The summed E-state index contributed by atoms with van der Waals surface area (Å²) in [5, 5.41) is 8.37. The third-order valence-corrected chi connectivity index (χ3v) is 10.7. The van der Waals surface area contributed by atoms with E-state index in [0.717, 1.165) is 16.5 Å². The number of nitrogens with zero attached hydrogens (tertiary/aromatic N) is 3. The number of hydrogen-bond donors (Lipinski definition) is 5. The molecule has 0 aliphatic carbocycles. The quantitative estimate of drug-likeness (QED) is 0.153. The van der Waals surface area contributed by atoms with Crippen LogP contribution in [-0.2, 0) is 27.3 Å². The van der Waals surface area contributed by atoms with E-state index < -0.39 is 35.8 Å². The van der Waals surface area contributed by atoms with Gasteiger partial charge in [-0.1, -0.05) is 53.2 Å². The van der Waals surface area contributed by atoms with Gasteiger partial charge in [0, 0.05) is 70.6 Å². The van der Waals surface area contributed by atoms with Gasteiger partial charge in [0.25, 0.3) is 0 Å². The third-order valence-electron chi connectivity index (χ3n) is 8.74. The highest BCUT2D eigenvalue weighted by Crippen LogP contribution is 2.39. The van der Waals surface area contributed by atoms with Crippen molar-refractivity contribution in [3.05, 3.63) is 87.7 Å². The number of unbranched alkanes of at least 4 members (excludes halogenated alkanes) is 1. The van der Waals surface area contributed by atoms with E-state index in [0.29, 0.717) is 76.3 Å². The van der Waals surface area contributed by atoms with Crippen LogP contribution < -0.4 is 22.1 Å². The minimum atomic E-state index is -0.936. The van der Waals surface area contributed by atoms with Crippen molar-refractivity contribution in [1.29, 1.82) is 0 Å². The lowest BCUT2D eigenvalue weighted by molar-refractivity contribution is -0.142. The smallest absolute Gasteiger partial charge is 0.245 e. The summed E-state index contributed by atoms with van der Waals surface area (Å²) in [6.45, 7) is 0.857. The Morgan fingerprint density at radius 2 is 1.72 bits per heavy atom. The highest BCUT2D eigenvalue weighted by Gasteiger charge is 2.34. The number of aromatic nitrogens is 2. The topological polar surface area (TPSA) is 172 Å². The van der Waals surface area contributed by atoms with E-state index in [1.165, 1.54) is 16.7 Å². The van der Waals surface area contributed by atoms with Crippen molar-refractivity contribution >= 4 is 69.8 Å². The first-order valence-corrected chi connectivity index (χ1v) is 18.2. The second-order valence-corrected chi connectivity index (χ2v) is 14.0. The molecule has 3 heterocycles. The fourth-order valence-corrected chi connectivity index (χ4v) is 7.50. The number of aromatic amines is 1. The van der Waals surface area contributed by atoms with Gasteiger partial charge in [-0.25, -0.2) is 4.98 Å². The van der Waals surface area contributed by atoms with Gasteiger partial charge in [-0.2, -0.15) is 0 Å². The normalized spacial score (nSPS) is 19.1. The zero-order valence-electron chi connectivity index (χ0n) is 27.8. The van der Waals surface area contributed by atoms with Crippen molar-refractivity contribution in [2.24, 2.45) is 16.5 Å². The van der Waals surface area contributed by atoms with Gasteiger partial charge in [-0.15, -0.1) is 0 Å². The molecule has 0 fully saturated rings. The molecule has 11 nitrogen and oxygen atoms in total. The second kappa shape index (κ2) is 17.8. The van der Waals surface area contributed by atoms with Crippen molar-refractivity contribution in [3.63, 3.8) is 0 Å². The molecule has 4 aromatic rings. The predicted octanol–water partition coefficient (Wildman–Crippen LogP) is 4.86. The van der Waals surface area contributed by atoms with Crippen LogP contribution in [0, 0.1) is 0 Å². The number of hydrogen-bond acceptors (Lipinski definition) is 8. The summed E-state index contributed by atoms with van der Waals surface area (Å²) in [6, 6.07) is 12.1. The molecule has 264 valence electrons. The Morgan fingerprint density at radius 3 is 2.52 bits per heavy atom. The molecule has 1 aliphatic rings. The van der Waals surface area contributed by atoms with Crippen molar-refractivity contribution in [2.45, 2.75) is 73.1 Å². The molecule has 14 heteroatoms. The number of nitrogens with one attached hydrogen (secondary N) is 3. The minimum absolute atomic E-state index is 0.0427. The molecule has 1 aliphatic heterocycles. The number of aliphatic imine (C=N–C) groups is 1. The van der Waals surface area contributed by atoms with E-state index in [4.69, 9.17) is 34.7 Å².